The summed E-state index contributed by atoms with van der Waals surface area (Å²) < 4.78 is 9.50. The van der Waals surface area contributed by atoms with Gasteiger partial charge < -0.3 is 14.4 Å². The Labute approximate surface area is 162 Å². The topological polar surface area (TPSA) is 76.2 Å². The van der Waals surface area contributed by atoms with Crippen molar-refractivity contribution in [2.45, 2.75) is 49.8 Å². The minimum atomic E-state index is -0.782. The molecule has 0 aromatic rings. The number of ether oxygens (including phenoxy) is 2. The summed E-state index contributed by atoms with van der Waals surface area (Å²) >= 11 is 2.01. The SMILES string of the molecule is COC(=O)[C@@H](CC(C)C)N(C)C(=O)[C@@H]1C=CCN1C(=O)OC(C)(C)I. The molecule has 0 aromatic carbocycles. The smallest absolute Gasteiger partial charge is 0.412 e. The maximum absolute atomic E-state index is 12.9. The zero-order valence-corrected chi connectivity index (χ0v) is 17.8. The molecule has 0 unspecified atom stereocenters. The number of methoxy groups -OCH3 is 1. The van der Waals surface area contributed by atoms with Crippen LogP contribution in [0.15, 0.2) is 12.2 Å². The number of carbonyl (C=O) groups is 3. The van der Waals surface area contributed by atoms with Crippen LogP contribution in [0.5, 0.6) is 0 Å². The van der Waals surface area contributed by atoms with Gasteiger partial charge in [-0.15, -0.1) is 0 Å². The first-order valence-electron chi connectivity index (χ1n) is 8.17. The van der Waals surface area contributed by atoms with E-state index in [1.165, 1.54) is 16.9 Å². The van der Waals surface area contributed by atoms with E-state index >= 15 is 0 Å². The van der Waals surface area contributed by atoms with E-state index in [9.17, 15) is 14.4 Å². The van der Waals surface area contributed by atoms with Gasteiger partial charge in [0, 0.05) is 13.6 Å². The van der Waals surface area contributed by atoms with Crippen LogP contribution < -0.4 is 0 Å². The van der Waals surface area contributed by atoms with Crippen LogP contribution in [0, 0.1) is 5.92 Å². The summed E-state index contributed by atoms with van der Waals surface area (Å²) in [5, 5.41) is 0. The summed E-state index contributed by atoms with van der Waals surface area (Å²) in [5.74, 6) is -0.596. The highest BCUT2D eigenvalue weighted by molar-refractivity contribution is 14.1. The van der Waals surface area contributed by atoms with Gasteiger partial charge >= 0.3 is 12.1 Å². The predicted octanol–water partition coefficient (Wildman–Crippen LogP) is 2.58. The molecule has 2 atom stereocenters. The Bertz CT molecular complexity index is 542. The number of rotatable bonds is 6. The molecule has 7 nitrogen and oxygen atoms in total. The van der Waals surface area contributed by atoms with Gasteiger partial charge in [0.05, 0.1) is 7.11 Å². The molecular weight excluding hydrogens is 439 g/mol. The summed E-state index contributed by atoms with van der Waals surface area (Å²) in [7, 11) is 2.86. The fraction of sp³-hybridized carbons (Fsp3) is 0.706. The van der Waals surface area contributed by atoms with Crippen molar-refractivity contribution in [3.05, 3.63) is 12.2 Å². The molecule has 0 saturated heterocycles. The number of likely N-dealkylation sites (N-methyl/N-ethyl adjacent to an activating group) is 1. The lowest BCUT2D eigenvalue weighted by Gasteiger charge is -2.32. The van der Waals surface area contributed by atoms with Crippen molar-refractivity contribution < 1.29 is 23.9 Å². The van der Waals surface area contributed by atoms with Crippen molar-refractivity contribution in [2.24, 2.45) is 5.92 Å². The molecule has 1 aliphatic rings. The van der Waals surface area contributed by atoms with E-state index in [0.717, 1.165) is 0 Å². The van der Waals surface area contributed by atoms with Crippen LogP contribution in [0.1, 0.15) is 34.1 Å². The second-order valence-corrected chi connectivity index (χ2v) is 9.47. The van der Waals surface area contributed by atoms with Crippen molar-refractivity contribution in [3.8, 4) is 0 Å². The molecule has 25 heavy (non-hydrogen) atoms. The third-order valence-corrected chi connectivity index (χ3v) is 3.98. The molecule has 0 N–H and O–H groups in total. The van der Waals surface area contributed by atoms with E-state index < -0.39 is 27.8 Å². The van der Waals surface area contributed by atoms with E-state index in [1.54, 1.807) is 33.0 Å². The summed E-state index contributed by atoms with van der Waals surface area (Å²) in [6, 6.07) is -1.47. The first-order chi connectivity index (χ1) is 11.5. The molecule has 0 spiro atoms. The van der Waals surface area contributed by atoms with Crippen molar-refractivity contribution in [1.29, 1.82) is 0 Å². The van der Waals surface area contributed by atoms with Crippen LogP contribution in [-0.2, 0) is 19.1 Å². The largest absolute Gasteiger partial charge is 0.467 e. The first kappa shape index (κ1) is 21.7. The lowest BCUT2D eigenvalue weighted by Crippen LogP contribution is -2.52. The molecule has 142 valence electrons. The maximum Gasteiger partial charge on any atom is 0.412 e. The molecule has 0 saturated carbocycles. The average molecular weight is 466 g/mol. The normalized spacial score (nSPS) is 18.2. The van der Waals surface area contributed by atoms with Gasteiger partial charge in [0.1, 0.15) is 12.1 Å². The highest BCUT2D eigenvalue weighted by Crippen LogP contribution is 2.23. The molecule has 0 fully saturated rings. The maximum atomic E-state index is 12.9. The molecule has 1 heterocycles. The highest BCUT2D eigenvalue weighted by Gasteiger charge is 2.38. The monoisotopic (exact) mass is 466 g/mol. The molecule has 1 aliphatic heterocycles. The van der Waals surface area contributed by atoms with Crippen molar-refractivity contribution in [3.63, 3.8) is 0 Å². The van der Waals surface area contributed by atoms with Gasteiger partial charge in [0.2, 0.25) is 5.91 Å². The Morgan fingerprint density at radius 2 is 1.96 bits per heavy atom. The third kappa shape index (κ3) is 6.16. The first-order valence-corrected chi connectivity index (χ1v) is 9.25. The van der Waals surface area contributed by atoms with Gasteiger partial charge in [0.25, 0.3) is 0 Å². The van der Waals surface area contributed by atoms with Crippen molar-refractivity contribution in [1.82, 2.24) is 9.80 Å². The zero-order chi connectivity index (χ0) is 19.4. The van der Waals surface area contributed by atoms with Gasteiger partial charge in [-0.25, -0.2) is 9.59 Å². The van der Waals surface area contributed by atoms with Gasteiger partial charge in [-0.05, 0) is 48.8 Å². The summed E-state index contributed by atoms with van der Waals surface area (Å²) in [4.78, 5) is 40.0. The van der Waals surface area contributed by atoms with Gasteiger partial charge in [-0.2, -0.15) is 0 Å². The van der Waals surface area contributed by atoms with Gasteiger partial charge in [0.15, 0.2) is 3.61 Å². The Morgan fingerprint density at radius 1 is 1.36 bits per heavy atom. The number of amides is 2. The highest BCUT2D eigenvalue weighted by atomic mass is 127. The molecular formula is C17H27IN2O5. The fourth-order valence-corrected chi connectivity index (χ4v) is 2.74. The summed E-state index contributed by atoms with van der Waals surface area (Å²) in [5.41, 5.74) is 0. The lowest BCUT2D eigenvalue weighted by atomic mass is 10.0. The van der Waals surface area contributed by atoms with Crippen LogP contribution in [0.2, 0.25) is 0 Å². The predicted molar refractivity (Wildman–Crippen MR) is 102 cm³/mol. The third-order valence-electron chi connectivity index (χ3n) is 3.76. The number of nitrogens with zero attached hydrogens (tertiary/aromatic N) is 2. The van der Waals surface area contributed by atoms with Crippen LogP contribution in [0.25, 0.3) is 0 Å². The Hall–Kier alpha value is -1.32. The molecule has 8 heteroatoms. The fourth-order valence-electron chi connectivity index (χ4n) is 2.55. The molecule has 0 bridgehead atoms. The quantitative estimate of drug-likeness (QED) is 0.260. The second kappa shape index (κ2) is 8.86. The standard InChI is InChI=1S/C17H27IN2O5/c1-11(2)10-13(15(22)24-6)19(5)14(21)12-8-7-9-20(12)16(23)25-17(3,4)18/h7-8,11-13H,9-10H2,1-6H3/t12-,13+/m0/s1. The van der Waals surface area contributed by atoms with Crippen LogP contribution in [-0.4, -0.2) is 64.2 Å². The van der Waals surface area contributed by atoms with E-state index in [1.807, 2.05) is 36.4 Å². The minimum absolute atomic E-state index is 0.208. The van der Waals surface area contributed by atoms with E-state index in [0.29, 0.717) is 13.0 Å². The summed E-state index contributed by atoms with van der Waals surface area (Å²) in [6.45, 7) is 7.75. The number of hydrogen-bond acceptors (Lipinski definition) is 5. The number of carbonyl (C=O) groups excluding carboxylic acids is 3. The van der Waals surface area contributed by atoms with Crippen molar-refractivity contribution in [2.75, 3.05) is 20.7 Å². The van der Waals surface area contributed by atoms with Crippen LogP contribution in [0.4, 0.5) is 4.79 Å². The number of esters is 1. The number of alkyl halides is 1. The molecule has 0 radical (unpaired) electrons. The molecule has 2 amide bonds. The molecule has 1 rings (SSSR count). The van der Waals surface area contributed by atoms with E-state index in [-0.39, 0.29) is 11.8 Å². The Kier molecular flexibility index (Phi) is 7.70. The van der Waals surface area contributed by atoms with Gasteiger partial charge in [-0.1, -0.05) is 26.0 Å². The van der Waals surface area contributed by atoms with Crippen molar-refractivity contribution >= 4 is 40.6 Å². The molecule has 0 aliphatic carbocycles. The zero-order valence-electron chi connectivity index (χ0n) is 15.6. The number of hydrogen-bond donors (Lipinski definition) is 0. The van der Waals surface area contributed by atoms with E-state index in [2.05, 4.69) is 0 Å². The molecule has 0 aromatic heterocycles. The van der Waals surface area contributed by atoms with Crippen LogP contribution in [0.3, 0.4) is 0 Å². The van der Waals surface area contributed by atoms with Crippen LogP contribution >= 0.6 is 22.6 Å². The Balaban J connectivity index is 2.92. The van der Waals surface area contributed by atoms with E-state index in [4.69, 9.17) is 9.47 Å². The lowest BCUT2D eigenvalue weighted by molar-refractivity contribution is -0.153. The Morgan fingerprint density at radius 3 is 2.44 bits per heavy atom. The van der Waals surface area contributed by atoms with Gasteiger partial charge in [-0.3, -0.25) is 9.69 Å². The number of halogens is 1. The second-order valence-electron chi connectivity index (χ2n) is 6.87. The average Bonchev–Trinajstić information content (AvgIpc) is 2.98. The summed E-state index contributed by atoms with van der Waals surface area (Å²) in [6.07, 6.45) is 3.32. The minimum Gasteiger partial charge on any atom is -0.467 e.